The van der Waals surface area contributed by atoms with E-state index in [1.165, 1.54) is 12.8 Å². The van der Waals surface area contributed by atoms with Gasteiger partial charge in [-0.3, -0.25) is 14.5 Å². The molecule has 0 aromatic carbocycles. The van der Waals surface area contributed by atoms with Crippen molar-refractivity contribution in [2.45, 2.75) is 122 Å². The van der Waals surface area contributed by atoms with E-state index in [9.17, 15) is 9.59 Å². The van der Waals surface area contributed by atoms with E-state index < -0.39 is 5.41 Å². The molecule has 0 amide bonds. The van der Waals surface area contributed by atoms with Gasteiger partial charge in [0.05, 0.1) is 5.69 Å². The lowest BCUT2D eigenvalue weighted by atomic mass is 9.67. The molecular formula is C33H52N2O3S2. The van der Waals surface area contributed by atoms with Gasteiger partial charge in [-0.1, -0.05) is 66.1 Å². The van der Waals surface area contributed by atoms with Gasteiger partial charge in [0.2, 0.25) is 0 Å². The first-order valence-corrected chi connectivity index (χ1v) is 17.6. The Morgan fingerprint density at radius 3 is 2.50 bits per heavy atom. The van der Waals surface area contributed by atoms with Gasteiger partial charge < -0.3 is 4.74 Å². The second-order valence-electron chi connectivity index (χ2n) is 14.0. The minimum Gasteiger partial charge on any atom is -0.458 e. The minimum atomic E-state index is -0.588. The summed E-state index contributed by atoms with van der Waals surface area (Å²) in [5, 5.41) is 2.08. The Balaban J connectivity index is 1.62. The van der Waals surface area contributed by atoms with Gasteiger partial charge in [0, 0.05) is 47.7 Å². The molecule has 4 rings (SSSR count). The zero-order valence-corrected chi connectivity index (χ0v) is 27.9. The summed E-state index contributed by atoms with van der Waals surface area (Å²) in [5.41, 5.74) is 1.54. The topological polar surface area (TPSA) is 59.3 Å². The molecule has 2 aliphatic heterocycles. The summed E-state index contributed by atoms with van der Waals surface area (Å²) in [4.78, 5) is 34.6. The zero-order valence-electron chi connectivity index (χ0n) is 26.3. The third-order valence-electron chi connectivity index (χ3n) is 10.9. The number of carbonyl (C=O) groups is 2. The molecular weight excluding hydrogens is 537 g/mol. The van der Waals surface area contributed by atoms with Crippen molar-refractivity contribution in [3.8, 4) is 0 Å². The fraction of sp³-hybridized carbons (Fsp3) is 0.788. The number of esters is 1. The number of cyclic esters (lactones) is 1. The van der Waals surface area contributed by atoms with Crippen LogP contribution in [0.5, 0.6) is 0 Å². The molecule has 3 fully saturated rings. The zero-order chi connectivity index (χ0) is 29.4. The van der Waals surface area contributed by atoms with Gasteiger partial charge in [-0.15, -0.1) is 11.3 Å². The van der Waals surface area contributed by atoms with Crippen LogP contribution in [0.1, 0.15) is 106 Å². The van der Waals surface area contributed by atoms with Gasteiger partial charge in [0.25, 0.3) is 0 Å². The molecule has 7 heteroatoms. The lowest BCUT2D eigenvalue weighted by Gasteiger charge is -2.36. The van der Waals surface area contributed by atoms with Crippen LogP contribution in [-0.2, 0) is 14.3 Å². The number of thiazole rings is 1. The normalized spacial score (nSPS) is 38.0. The van der Waals surface area contributed by atoms with Crippen molar-refractivity contribution in [3.05, 3.63) is 16.6 Å². The largest absolute Gasteiger partial charge is 0.458 e. The Morgan fingerprint density at radius 2 is 1.88 bits per heavy atom. The SMILES string of the molecule is CSc1nc(/C=C(\C)[C@@H]2C[C@@H]3N(CC4CC4)[C@]3(C)CCC[C@H](C)[C@H](C)[C@@H](C)C(=O)C(C)(C)[C@@H](C)CC(=O)O2)cs1. The Kier molecular flexibility index (Phi) is 9.99. The second kappa shape index (κ2) is 12.6. The third kappa shape index (κ3) is 7.06. The molecule has 1 aromatic heterocycles. The van der Waals surface area contributed by atoms with Crippen molar-refractivity contribution in [2.75, 3.05) is 12.8 Å². The van der Waals surface area contributed by atoms with Gasteiger partial charge in [-0.25, -0.2) is 4.98 Å². The summed E-state index contributed by atoms with van der Waals surface area (Å²) < 4.78 is 7.36. The van der Waals surface area contributed by atoms with E-state index in [0.29, 0.717) is 17.9 Å². The highest BCUT2D eigenvalue weighted by Crippen LogP contribution is 2.51. The van der Waals surface area contributed by atoms with E-state index >= 15 is 0 Å². The fourth-order valence-corrected chi connectivity index (χ4v) is 8.01. The number of thioether (sulfide) groups is 1. The highest BCUT2D eigenvalue weighted by molar-refractivity contribution is 8.00. The Morgan fingerprint density at radius 1 is 1.18 bits per heavy atom. The molecule has 0 N–H and O–H groups in total. The number of ether oxygens (including phenoxy) is 1. The number of hydrogen-bond donors (Lipinski definition) is 0. The molecule has 1 aliphatic carbocycles. The Bertz CT molecular complexity index is 1090. The molecule has 1 saturated carbocycles. The smallest absolute Gasteiger partial charge is 0.306 e. The molecule has 224 valence electrons. The van der Waals surface area contributed by atoms with Gasteiger partial charge in [-0.05, 0) is 74.7 Å². The standard InChI is InChI=1S/C33H52N2O3S2/c1-20-11-10-14-33(8)28(35(33)18-25-12-13-25)17-27(21(2)15-26-19-40-31(34-26)39-9)38-29(36)16-22(3)32(6,7)30(37)24(5)23(20)4/h15,19-20,22-25,27-28H,10-14,16-18H2,1-9H3/b21-15+/t20-,22-,23-,24+,27-,28-,33+,35?/m0/s1. The number of hydrogen-bond acceptors (Lipinski definition) is 7. The van der Waals surface area contributed by atoms with E-state index in [4.69, 9.17) is 9.72 Å². The van der Waals surface area contributed by atoms with Crippen molar-refractivity contribution < 1.29 is 14.3 Å². The average molecular weight is 589 g/mol. The molecule has 1 aromatic rings. The van der Waals surface area contributed by atoms with Crippen LogP contribution in [0.4, 0.5) is 0 Å². The quantitative estimate of drug-likeness (QED) is 0.197. The predicted molar refractivity (Wildman–Crippen MR) is 168 cm³/mol. The molecule has 0 radical (unpaired) electrons. The summed E-state index contributed by atoms with van der Waals surface area (Å²) >= 11 is 3.30. The molecule has 3 heterocycles. The van der Waals surface area contributed by atoms with Crippen molar-refractivity contribution in [1.82, 2.24) is 9.88 Å². The van der Waals surface area contributed by atoms with Crippen LogP contribution in [0.2, 0.25) is 0 Å². The van der Waals surface area contributed by atoms with Crippen molar-refractivity contribution >= 4 is 40.9 Å². The van der Waals surface area contributed by atoms with Crippen LogP contribution in [0.15, 0.2) is 15.3 Å². The molecule has 8 atom stereocenters. The summed E-state index contributed by atoms with van der Waals surface area (Å²) in [6, 6.07) is 0.418. The summed E-state index contributed by atoms with van der Waals surface area (Å²) in [7, 11) is 0. The lowest BCUT2D eigenvalue weighted by molar-refractivity contribution is -0.150. The van der Waals surface area contributed by atoms with Crippen LogP contribution < -0.4 is 0 Å². The average Bonchev–Trinajstić information content (AvgIpc) is 3.76. The van der Waals surface area contributed by atoms with Gasteiger partial charge >= 0.3 is 5.97 Å². The number of Topliss-reactive ketones (excluding diaryl/α,β-unsaturated/α-hetero) is 1. The molecule has 3 aliphatic rings. The van der Waals surface area contributed by atoms with Crippen molar-refractivity contribution in [2.24, 2.45) is 35.0 Å². The molecule has 5 nitrogen and oxygen atoms in total. The van der Waals surface area contributed by atoms with Crippen LogP contribution in [-0.4, -0.2) is 52.1 Å². The maximum absolute atomic E-state index is 13.7. The van der Waals surface area contributed by atoms with E-state index in [1.54, 1.807) is 23.1 Å². The maximum Gasteiger partial charge on any atom is 0.306 e. The highest BCUT2D eigenvalue weighted by Gasteiger charge is 2.59. The van der Waals surface area contributed by atoms with E-state index in [0.717, 1.165) is 53.8 Å². The fourth-order valence-electron chi connectivity index (χ4n) is 6.79. The van der Waals surface area contributed by atoms with Crippen LogP contribution in [0.25, 0.3) is 6.08 Å². The van der Waals surface area contributed by atoms with E-state index in [1.807, 2.05) is 27.0 Å². The van der Waals surface area contributed by atoms with Crippen LogP contribution in [0, 0.1) is 35.0 Å². The first-order valence-electron chi connectivity index (χ1n) is 15.5. The first-order chi connectivity index (χ1) is 18.8. The summed E-state index contributed by atoms with van der Waals surface area (Å²) in [5.74, 6) is 1.56. The summed E-state index contributed by atoms with van der Waals surface area (Å²) in [6.45, 7) is 18.4. The Hall–Kier alpha value is -1.18. The number of fused-ring (bicyclic) bond motifs is 1. The number of rotatable bonds is 5. The Labute approximate surface area is 251 Å². The van der Waals surface area contributed by atoms with E-state index in [-0.39, 0.29) is 41.7 Å². The first kappa shape index (κ1) is 31.7. The predicted octanol–water partition coefficient (Wildman–Crippen LogP) is 8.14. The number of nitrogens with zero attached hydrogens (tertiary/aromatic N) is 2. The van der Waals surface area contributed by atoms with Crippen LogP contribution in [0.3, 0.4) is 0 Å². The molecule has 2 saturated heterocycles. The van der Waals surface area contributed by atoms with Crippen molar-refractivity contribution in [3.63, 3.8) is 0 Å². The van der Waals surface area contributed by atoms with Gasteiger partial charge in [0.1, 0.15) is 16.2 Å². The number of ketones is 1. The number of aromatic nitrogens is 1. The molecule has 0 spiro atoms. The summed E-state index contributed by atoms with van der Waals surface area (Å²) in [6.07, 6.45) is 11.1. The minimum absolute atomic E-state index is 0.0331. The van der Waals surface area contributed by atoms with Crippen molar-refractivity contribution in [1.29, 1.82) is 0 Å². The van der Waals surface area contributed by atoms with Gasteiger partial charge in [-0.2, -0.15) is 0 Å². The monoisotopic (exact) mass is 588 g/mol. The molecule has 0 bridgehead atoms. The highest BCUT2D eigenvalue weighted by atomic mass is 32.2. The molecule has 1 unspecified atom stereocenters. The van der Waals surface area contributed by atoms with E-state index in [2.05, 4.69) is 51.0 Å². The van der Waals surface area contributed by atoms with Crippen LogP contribution >= 0.6 is 23.1 Å². The maximum atomic E-state index is 13.7. The third-order valence-corrected chi connectivity index (χ3v) is 12.8. The van der Waals surface area contributed by atoms with Gasteiger partial charge in [0.15, 0.2) is 0 Å². The molecule has 40 heavy (non-hydrogen) atoms. The number of carbonyl (C=O) groups excluding carboxylic acids is 2. The second-order valence-corrected chi connectivity index (χ2v) is 15.9. The lowest BCUT2D eigenvalue weighted by Crippen LogP contribution is -2.40.